The Hall–Kier alpha value is -0.120. The molecular weight excluding hydrogens is 443 g/mol. The summed E-state index contributed by atoms with van der Waals surface area (Å²) in [6, 6.07) is 0.425. The first-order chi connectivity index (χ1) is 12.3. The molecule has 4 heterocycles. The Morgan fingerprint density at radius 3 is 2.58 bits per heavy atom. The number of hydrogen-bond acceptors (Lipinski definition) is 4. The Morgan fingerprint density at radius 2 is 1.96 bits per heavy atom. The molecular formula is C19H35IN4O2. The van der Waals surface area contributed by atoms with E-state index in [0.29, 0.717) is 18.2 Å². The van der Waals surface area contributed by atoms with E-state index in [4.69, 9.17) is 14.5 Å². The molecule has 2 bridgehead atoms. The summed E-state index contributed by atoms with van der Waals surface area (Å²) < 4.78 is 11.6. The van der Waals surface area contributed by atoms with Crippen molar-refractivity contribution < 1.29 is 9.47 Å². The van der Waals surface area contributed by atoms with Crippen molar-refractivity contribution in [2.24, 2.45) is 4.99 Å². The number of halogens is 1. The van der Waals surface area contributed by atoms with Gasteiger partial charge in [-0.2, -0.15) is 0 Å². The van der Waals surface area contributed by atoms with Crippen LogP contribution in [-0.4, -0.2) is 74.0 Å². The van der Waals surface area contributed by atoms with E-state index in [2.05, 4.69) is 22.5 Å². The van der Waals surface area contributed by atoms with E-state index in [1.807, 2.05) is 0 Å². The summed E-state index contributed by atoms with van der Waals surface area (Å²) in [4.78, 5) is 7.73. The fraction of sp³-hybridized carbons (Fsp3) is 0.947. The second-order valence-corrected chi connectivity index (χ2v) is 8.09. The molecule has 0 amide bonds. The third kappa shape index (κ3) is 4.47. The third-order valence-corrected chi connectivity index (χ3v) is 6.50. The molecule has 4 aliphatic rings. The first-order valence-corrected chi connectivity index (χ1v) is 10.3. The Kier molecular flexibility index (Phi) is 7.44. The van der Waals surface area contributed by atoms with Gasteiger partial charge in [0.05, 0.1) is 24.8 Å². The number of aliphatic imine (C=N–C) groups is 1. The smallest absolute Gasteiger partial charge is 0.191 e. The van der Waals surface area contributed by atoms with E-state index in [1.165, 1.54) is 38.8 Å². The highest BCUT2D eigenvalue weighted by atomic mass is 127. The lowest BCUT2D eigenvalue weighted by Gasteiger charge is -2.43. The van der Waals surface area contributed by atoms with Gasteiger partial charge in [0.1, 0.15) is 0 Å². The molecule has 4 fully saturated rings. The van der Waals surface area contributed by atoms with Crippen molar-refractivity contribution in [2.45, 2.75) is 75.7 Å². The summed E-state index contributed by atoms with van der Waals surface area (Å²) in [5.41, 5.74) is 0.197. The number of rotatable bonds is 5. The molecule has 4 rings (SSSR count). The van der Waals surface area contributed by atoms with Crippen LogP contribution in [0.2, 0.25) is 0 Å². The Labute approximate surface area is 174 Å². The third-order valence-electron chi connectivity index (χ3n) is 6.50. The molecule has 0 radical (unpaired) electrons. The highest BCUT2D eigenvalue weighted by molar-refractivity contribution is 14.0. The van der Waals surface area contributed by atoms with Gasteiger partial charge in [-0.15, -0.1) is 24.0 Å². The maximum atomic E-state index is 5.99. The van der Waals surface area contributed by atoms with Crippen molar-refractivity contribution in [3.8, 4) is 0 Å². The second kappa shape index (κ2) is 9.39. The molecule has 0 aromatic rings. The number of ether oxygens (including phenoxy) is 2. The summed E-state index contributed by atoms with van der Waals surface area (Å²) in [6.07, 6.45) is 9.26. The van der Waals surface area contributed by atoms with Crippen molar-refractivity contribution in [3.05, 3.63) is 0 Å². The molecule has 2 N–H and O–H groups in total. The highest BCUT2D eigenvalue weighted by Gasteiger charge is 2.42. The van der Waals surface area contributed by atoms with Gasteiger partial charge >= 0.3 is 0 Å². The van der Waals surface area contributed by atoms with Gasteiger partial charge in [0.15, 0.2) is 5.96 Å². The molecule has 0 aliphatic carbocycles. The summed E-state index contributed by atoms with van der Waals surface area (Å²) in [6.45, 7) is 8.09. The van der Waals surface area contributed by atoms with Crippen LogP contribution in [-0.2, 0) is 9.47 Å². The average Bonchev–Trinajstić information content (AvgIpc) is 3.38. The fourth-order valence-electron chi connectivity index (χ4n) is 5.03. The minimum Gasteiger partial charge on any atom is -0.381 e. The number of hydrogen-bond donors (Lipinski definition) is 2. The maximum absolute atomic E-state index is 5.99. The fourth-order valence-corrected chi connectivity index (χ4v) is 5.03. The largest absolute Gasteiger partial charge is 0.381 e. The van der Waals surface area contributed by atoms with Crippen LogP contribution in [0, 0.1) is 0 Å². The number of nitrogens with one attached hydrogen (secondary N) is 2. The van der Waals surface area contributed by atoms with E-state index in [-0.39, 0.29) is 29.5 Å². The van der Waals surface area contributed by atoms with Gasteiger partial charge in [-0.1, -0.05) is 0 Å². The van der Waals surface area contributed by atoms with Gasteiger partial charge < -0.3 is 20.1 Å². The predicted molar refractivity (Wildman–Crippen MR) is 114 cm³/mol. The molecule has 7 heteroatoms. The average molecular weight is 478 g/mol. The van der Waals surface area contributed by atoms with Crippen molar-refractivity contribution in [1.29, 1.82) is 0 Å². The predicted octanol–water partition coefficient (Wildman–Crippen LogP) is 2.12. The van der Waals surface area contributed by atoms with Crippen molar-refractivity contribution in [1.82, 2.24) is 15.5 Å². The van der Waals surface area contributed by atoms with Crippen molar-refractivity contribution in [2.75, 3.05) is 39.4 Å². The van der Waals surface area contributed by atoms with E-state index in [1.54, 1.807) is 0 Å². The molecule has 150 valence electrons. The molecule has 6 nitrogen and oxygen atoms in total. The van der Waals surface area contributed by atoms with Crippen LogP contribution in [0.3, 0.4) is 0 Å². The van der Waals surface area contributed by atoms with Crippen molar-refractivity contribution >= 4 is 29.9 Å². The van der Waals surface area contributed by atoms with Crippen LogP contribution in [0.5, 0.6) is 0 Å². The van der Waals surface area contributed by atoms with Crippen LogP contribution >= 0.6 is 24.0 Å². The first-order valence-electron chi connectivity index (χ1n) is 10.3. The molecule has 26 heavy (non-hydrogen) atoms. The van der Waals surface area contributed by atoms with Gasteiger partial charge in [0.25, 0.3) is 0 Å². The minimum atomic E-state index is 0. The van der Waals surface area contributed by atoms with Gasteiger partial charge in [0.2, 0.25) is 0 Å². The highest BCUT2D eigenvalue weighted by Crippen LogP contribution is 2.34. The Balaban J connectivity index is 0.00000196. The Morgan fingerprint density at radius 1 is 1.19 bits per heavy atom. The number of nitrogens with zero attached hydrogens (tertiary/aromatic N) is 2. The van der Waals surface area contributed by atoms with E-state index in [0.717, 1.165) is 51.5 Å². The van der Waals surface area contributed by atoms with Crippen LogP contribution < -0.4 is 10.6 Å². The summed E-state index contributed by atoms with van der Waals surface area (Å²) in [7, 11) is 0. The number of likely N-dealkylation sites (tertiary alicyclic amines) is 1. The van der Waals surface area contributed by atoms with E-state index >= 15 is 0 Å². The van der Waals surface area contributed by atoms with Crippen LogP contribution in [0.25, 0.3) is 0 Å². The monoisotopic (exact) mass is 478 g/mol. The zero-order valence-corrected chi connectivity index (χ0v) is 18.4. The van der Waals surface area contributed by atoms with Crippen LogP contribution in [0.4, 0.5) is 0 Å². The summed E-state index contributed by atoms with van der Waals surface area (Å²) >= 11 is 0. The van der Waals surface area contributed by atoms with Gasteiger partial charge in [0, 0.05) is 25.3 Å². The quantitative estimate of drug-likeness (QED) is 0.360. The zero-order chi connectivity index (χ0) is 17.1. The number of fused-ring (bicyclic) bond motifs is 2. The minimum absolute atomic E-state index is 0. The lowest BCUT2D eigenvalue weighted by Crippen LogP contribution is -2.54. The normalized spacial score (nSPS) is 33.9. The van der Waals surface area contributed by atoms with E-state index in [9.17, 15) is 0 Å². The lowest BCUT2D eigenvalue weighted by molar-refractivity contribution is -0.0139. The van der Waals surface area contributed by atoms with Crippen molar-refractivity contribution in [3.63, 3.8) is 0 Å². The molecule has 3 unspecified atom stereocenters. The topological polar surface area (TPSA) is 58.1 Å². The van der Waals surface area contributed by atoms with Crippen LogP contribution in [0.15, 0.2) is 4.99 Å². The molecule has 4 saturated heterocycles. The molecule has 0 spiro atoms. The summed E-state index contributed by atoms with van der Waals surface area (Å²) in [5.74, 6) is 0.966. The molecule has 3 atom stereocenters. The first kappa shape index (κ1) is 20.6. The summed E-state index contributed by atoms with van der Waals surface area (Å²) in [5, 5.41) is 7.11. The molecule has 0 aromatic carbocycles. The Bertz CT molecular complexity index is 478. The maximum Gasteiger partial charge on any atom is 0.191 e. The SMILES string of the molecule is CCNC(=NCC1(N2CCCC2)CCOCC1)NC1CC2CCC1O2.I. The molecule has 0 saturated carbocycles. The van der Waals surface area contributed by atoms with E-state index < -0.39 is 0 Å². The standard InChI is InChI=1S/C19H34N4O2.HI/c1-2-20-18(22-16-13-15-5-6-17(16)25-15)21-14-19(7-11-24-12-8-19)23-9-3-4-10-23;/h15-17H,2-14H2,1H3,(H2,20,21,22);1H. The van der Waals surface area contributed by atoms with Gasteiger partial charge in [-0.3, -0.25) is 9.89 Å². The van der Waals surface area contributed by atoms with Crippen LogP contribution in [0.1, 0.15) is 51.9 Å². The molecule has 4 aliphatic heterocycles. The van der Waals surface area contributed by atoms with Gasteiger partial charge in [-0.25, -0.2) is 0 Å². The van der Waals surface area contributed by atoms with Gasteiger partial charge in [-0.05, 0) is 65.0 Å². The second-order valence-electron chi connectivity index (χ2n) is 8.09. The molecule has 0 aromatic heterocycles. The lowest BCUT2D eigenvalue weighted by atomic mass is 9.88. The number of guanidine groups is 1. The zero-order valence-electron chi connectivity index (χ0n) is 16.0.